The standard InChI is InChI=1S/C30H43FN6O4/c1-20(2)17-37(22-16-21(24-12-13-32-34-24)18-35(19-22)29(39)41-30(3,4)5)28(38)27-33-25-11-9-10-23(31)26(25)36(27)14-7-8-15-40-6/h9-11,13,20-22H,7-8,12,14-19H2,1-6H3/t21-,22+/m1/s1. The molecule has 0 saturated carbocycles. The summed E-state index contributed by atoms with van der Waals surface area (Å²) in [5, 5.41) is 8.37. The molecule has 2 atom stereocenters. The third kappa shape index (κ3) is 7.49. The zero-order chi connectivity index (χ0) is 29.7. The van der Waals surface area contributed by atoms with Gasteiger partial charge in [0, 0.05) is 58.4 Å². The monoisotopic (exact) mass is 570 g/mol. The zero-order valence-electron chi connectivity index (χ0n) is 25.1. The number of ether oxygens (including phenoxy) is 2. The maximum atomic E-state index is 15.1. The molecule has 3 heterocycles. The van der Waals surface area contributed by atoms with Crippen molar-refractivity contribution in [3.05, 3.63) is 29.8 Å². The summed E-state index contributed by atoms with van der Waals surface area (Å²) in [5.41, 5.74) is 1.01. The van der Waals surface area contributed by atoms with Gasteiger partial charge in [0.15, 0.2) is 5.82 Å². The number of fused-ring (bicyclic) bond motifs is 1. The highest BCUT2D eigenvalue weighted by atomic mass is 19.1. The van der Waals surface area contributed by atoms with Crippen LogP contribution in [0, 0.1) is 17.7 Å². The second kappa shape index (κ2) is 13.1. The molecule has 0 spiro atoms. The minimum Gasteiger partial charge on any atom is -0.444 e. The van der Waals surface area contributed by atoms with Crippen LogP contribution < -0.4 is 0 Å². The van der Waals surface area contributed by atoms with E-state index in [0.29, 0.717) is 63.1 Å². The number of carbonyl (C=O) groups excluding carboxylic acids is 2. The minimum atomic E-state index is -0.654. The first-order chi connectivity index (χ1) is 19.5. The summed E-state index contributed by atoms with van der Waals surface area (Å²) in [6, 6.07) is 4.41. The van der Waals surface area contributed by atoms with Gasteiger partial charge in [-0.05, 0) is 58.1 Å². The molecule has 11 heteroatoms. The number of hydrogen-bond acceptors (Lipinski definition) is 7. The quantitative estimate of drug-likeness (QED) is 0.368. The second-order valence-corrected chi connectivity index (χ2v) is 12.3. The number of piperidine rings is 1. The Morgan fingerprint density at radius 3 is 2.63 bits per heavy atom. The van der Waals surface area contributed by atoms with Crippen LogP contribution in [0.15, 0.2) is 28.4 Å². The molecule has 1 aromatic carbocycles. The predicted octanol–water partition coefficient (Wildman–Crippen LogP) is 5.16. The van der Waals surface area contributed by atoms with E-state index in [4.69, 9.17) is 9.47 Å². The van der Waals surface area contributed by atoms with E-state index in [2.05, 4.69) is 29.0 Å². The summed E-state index contributed by atoms with van der Waals surface area (Å²) in [5.74, 6) is -0.408. The predicted molar refractivity (Wildman–Crippen MR) is 157 cm³/mol. The Kier molecular flexibility index (Phi) is 9.78. The largest absolute Gasteiger partial charge is 0.444 e. The van der Waals surface area contributed by atoms with Gasteiger partial charge in [-0.3, -0.25) is 4.79 Å². The summed E-state index contributed by atoms with van der Waals surface area (Å²) >= 11 is 0. The van der Waals surface area contributed by atoms with Crippen LogP contribution in [0.5, 0.6) is 0 Å². The van der Waals surface area contributed by atoms with Gasteiger partial charge in [-0.2, -0.15) is 10.2 Å². The Morgan fingerprint density at radius 2 is 1.98 bits per heavy atom. The number of nitrogens with zero attached hydrogens (tertiary/aromatic N) is 6. The van der Waals surface area contributed by atoms with Crippen LogP contribution in [-0.2, 0) is 16.0 Å². The van der Waals surface area contributed by atoms with Crippen molar-refractivity contribution >= 4 is 35.0 Å². The lowest BCUT2D eigenvalue weighted by Gasteiger charge is -2.43. The van der Waals surface area contributed by atoms with Gasteiger partial charge in [-0.25, -0.2) is 14.2 Å². The van der Waals surface area contributed by atoms with Gasteiger partial charge < -0.3 is 23.8 Å². The van der Waals surface area contributed by atoms with Crippen molar-refractivity contribution in [1.29, 1.82) is 0 Å². The van der Waals surface area contributed by atoms with Crippen LogP contribution >= 0.6 is 0 Å². The summed E-state index contributed by atoms with van der Waals surface area (Å²) in [6.07, 6.45) is 4.06. The lowest BCUT2D eigenvalue weighted by Crippen LogP contribution is -2.57. The average molecular weight is 571 g/mol. The highest BCUT2D eigenvalue weighted by Gasteiger charge is 2.40. The normalized spacial score (nSPS) is 19.2. The number of rotatable bonds is 10. The first-order valence-corrected chi connectivity index (χ1v) is 14.5. The van der Waals surface area contributed by atoms with Crippen molar-refractivity contribution in [3.63, 3.8) is 0 Å². The number of methoxy groups -OCH3 is 1. The van der Waals surface area contributed by atoms with Gasteiger partial charge >= 0.3 is 6.09 Å². The molecular weight excluding hydrogens is 527 g/mol. The third-order valence-corrected chi connectivity index (χ3v) is 7.27. The van der Waals surface area contributed by atoms with Crippen molar-refractivity contribution in [2.24, 2.45) is 22.0 Å². The van der Waals surface area contributed by atoms with E-state index in [1.54, 1.807) is 34.9 Å². The molecular formula is C30H43FN6O4. The number of unbranched alkanes of at least 4 members (excludes halogenated alkanes) is 1. The zero-order valence-corrected chi connectivity index (χ0v) is 25.1. The summed E-state index contributed by atoms with van der Waals surface area (Å²) in [4.78, 5) is 35.8. The van der Waals surface area contributed by atoms with Gasteiger partial charge in [0.1, 0.15) is 16.9 Å². The van der Waals surface area contributed by atoms with Crippen molar-refractivity contribution in [2.45, 2.75) is 78.5 Å². The molecule has 4 rings (SSSR count). The van der Waals surface area contributed by atoms with Crippen LogP contribution in [0.4, 0.5) is 9.18 Å². The lowest BCUT2D eigenvalue weighted by molar-refractivity contribution is 0.00539. The van der Waals surface area contributed by atoms with E-state index in [1.807, 2.05) is 25.7 Å². The molecule has 1 aromatic heterocycles. The van der Waals surface area contributed by atoms with Crippen LogP contribution in [0.1, 0.15) is 70.9 Å². The van der Waals surface area contributed by atoms with E-state index < -0.39 is 17.5 Å². The van der Waals surface area contributed by atoms with Crippen LogP contribution in [0.25, 0.3) is 11.0 Å². The first kappa shape index (κ1) is 30.6. The molecule has 2 aromatic rings. The highest BCUT2D eigenvalue weighted by Crippen LogP contribution is 2.29. The summed E-state index contributed by atoms with van der Waals surface area (Å²) in [6.45, 7) is 11.8. The second-order valence-electron chi connectivity index (χ2n) is 12.3. The van der Waals surface area contributed by atoms with Crippen molar-refractivity contribution in [3.8, 4) is 0 Å². The van der Waals surface area contributed by atoms with E-state index >= 15 is 4.39 Å². The fourth-order valence-electron chi connectivity index (χ4n) is 5.51. The van der Waals surface area contributed by atoms with Crippen molar-refractivity contribution in [1.82, 2.24) is 19.4 Å². The van der Waals surface area contributed by atoms with Crippen molar-refractivity contribution < 1.29 is 23.5 Å². The number of imidazole rings is 1. The number of carbonyl (C=O) groups is 2. The number of likely N-dealkylation sites (tertiary alicyclic amines) is 1. The Balaban J connectivity index is 1.70. The molecule has 0 N–H and O–H groups in total. The Labute approximate surface area is 241 Å². The number of amides is 2. The molecule has 0 aliphatic carbocycles. The molecule has 2 aliphatic rings. The smallest absolute Gasteiger partial charge is 0.410 e. The number of hydrogen-bond donors (Lipinski definition) is 0. The van der Waals surface area contributed by atoms with Crippen LogP contribution in [0.3, 0.4) is 0 Å². The molecule has 224 valence electrons. The average Bonchev–Trinajstić information content (AvgIpc) is 3.57. The SMILES string of the molecule is COCCCCn1c(C(=O)N(CC(C)C)[C@H]2C[C@@H](C3=NN=CC3)CN(C(=O)OC(C)(C)C)C2)nc2cccc(F)c21. The molecule has 2 aliphatic heterocycles. The van der Waals surface area contributed by atoms with Gasteiger partial charge in [0.2, 0.25) is 0 Å². The number of para-hydroxylation sites is 1. The third-order valence-electron chi connectivity index (χ3n) is 7.27. The first-order valence-electron chi connectivity index (χ1n) is 14.5. The number of halogens is 1. The lowest BCUT2D eigenvalue weighted by atomic mass is 9.88. The Bertz CT molecular complexity index is 1300. The van der Waals surface area contributed by atoms with Gasteiger partial charge in [-0.15, -0.1) is 0 Å². The number of aromatic nitrogens is 2. The fraction of sp³-hybridized carbons (Fsp3) is 0.633. The molecule has 41 heavy (non-hydrogen) atoms. The molecule has 1 fully saturated rings. The summed E-state index contributed by atoms with van der Waals surface area (Å²) in [7, 11) is 1.65. The summed E-state index contributed by atoms with van der Waals surface area (Å²) < 4.78 is 27.7. The topological polar surface area (TPSA) is 102 Å². The maximum Gasteiger partial charge on any atom is 0.410 e. The Morgan fingerprint density at radius 1 is 1.20 bits per heavy atom. The van der Waals surface area contributed by atoms with Crippen LogP contribution in [0.2, 0.25) is 0 Å². The molecule has 10 nitrogen and oxygen atoms in total. The van der Waals surface area contributed by atoms with E-state index in [9.17, 15) is 9.59 Å². The van der Waals surface area contributed by atoms with E-state index in [0.717, 1.165) is 12.1 Å². The highest BCUT2D eigenvalue weighted by molar-refractivity contribution is 6.00. The molecule has 1 saturated heterocycles. The number of benzene rings is 1. The van der Waals surface area contributed by atoms with E-state index in [1.165, 1.54) is 6.07 Å². The minimum absolute atomic E-state index is 0.0727. The molecule has 0 bridgehead atoms. The number of aryl methyl sites for hydroxylation is 1. The van der Waals surface area contributed by atoms with Gasteiger partial charge in [0.25, 0.3) is 5.91 Å². The van der Waals surface area contributed by atoms with E-state index in [-0.39, 0.29) is 29.6 Å². The van der Waals surface area contributed by atoms with Gasteiger partial charge in [-0.1, -0.05) is 19.9 Å². The molecule has 0 radical (unpaired) electrons. The Hall–Kier alpha value is -3.34. The molecule has 2 amide bonds. The maximum absolute atomic E-state index is 15.1. The fourth-order valence-corrected chi connectivity index (χ4v) is 5.51. The van der Waals surface area contributed by atoms with Crippen LogP contribution in [-0.4, -0.2) is 88.3 Å². The molecule has 0 unspecified atom stereocenters. The van der Waals surface area contributed by atoms with Gasteiger partial charge in [0.05, 0.1) is 17.3 Å². The van der Waals surface area contributed by atoms with Crippen molar-refractivity contribution in [2.75, 3.05) is 33.4 Å².